The predicted molar refractivity (Wildman–Crippen MR) is 68.7 cm³/mol. The Morgan fingerprint density at radius 2 is 2.00 bits per heavy atom. The summed E-state index contributed by atoms with van der Waals surface area (Å²) in [6.07, 6.45) is 1.82. The summed E-state index contributed by atoms with van der Waals surface area (Å²) in [4.78, 5) is 11.7. The fourth-order valence-corrected chi connectivity index (χ4v) is 1.74. The first-order valence-corrected chi connectivity index (χ1v) is 5.99. The molecule has 1 aromatic carbocycles. The number of carbonyl (C=O) groups is 1. The molecule has 17 heavy (non-hydrogen) atoms. The monoisotopic (exact) mass is 293 g/mol. The van der Waals surface area contributed by atoms with Gasteiger partial charge in [0.2, 0.25) is 0 Å². The molecule has 88 valence electrons. The molecule has 1 aromatic heterocycles. The number of benzene rings is 1. The summed E-state index contributed by atoms with van der Waals surface area (Å²) in [6, 6.07) is 11.2. The van der Waals surface area contributed by atoms with Crippen molar-refractivity contribution in [3.8, 4) is 0 Å². The second-order valence-corrected chi connectivity index (χ2v) is 4.62. The van der Waals surface area contributed by atoms with E-state index in [4.69, 9.17) is 4.74 Å². The maximum Gasteiger partial charge on any atom is 0.355 e. The van der Waals surface area contributed by atoms with Crippen molar-refractivity contribution in [2.45, 2.75) is 6.61 Å². The number of rotatable bonds is 3. The molecule has 0 saturated carbocycles. The zero-order valence-corrected chi connectivity index (χ0v) is 11.0. The van der Waals surface area contributed by atoms with E-state index in [1.54, 1.807) is 10.6 Å². The van der Waals surface area contributed by atoms with Gasteiger partial charge < -0.3 is 9.30 Å². The first-order chi connectivity index (χ1) is 8.16. The minimum Gasteiger partial charge on any atom is -0.456 e. The molecule has 3 nitrogen and oxygen atoms in total. The van der Waals surface area contributed by atoms with Crippen molar-refractivity contribution in [1.29, 1.82) is 0 Å². The molecule has 0 aliphatic carbocycles. The molecule has 0 spiro atoms. The summed E-state index contributed by atoms with van der Waals surface area (Å²) in [6.45, 7) is 0.289. The number of ether oxygens (including phenoxy) is 1. The molecule has 0 fully saturated rings. The zero-order chi connectivity index (χ0) is 12.3. The highest BCUT2D eigenvalue weighted by atomic mass is 79.9. The van der Waals surface area contributed by atoms with E-state index in [-0.39, 0.29) is 12.6 Å². The maximum absolute atomic E-state index is 11.7. The minimum absolute atomic E-state index is 0.289. The van der Waals surface area contributed by atoms with Crippen LogP contribution < -0.4 is 0 Å². The lowest BCUT2D eigenvalue weighted by molar-refractivity contribution is 0.0461. The van der Waals surface area contributed by atoms with Crippen molar-refractivity contribution in [1.82, 2.24) is 4.57 Å². The molecule has 0 unspecified atom stereocenters. The molecule has 0 atom stereocenters. The van der Waals surface area contributed by atoms with E-state index in [9.17, 15) is 4.79 Å². The van der Waals surface area contributed by atoms with Gasteiger partial charge in [0.05, 0.1) is 0 Å². The topological polar surface area (TPSA) is 31.2 Å². The van der Waals surface area contributed by atoms with Gasteiger partial charge in [-0.15, -0.1) is 0 Å². The zero-order valence-electron chi connectivity index (χ0n) is 9.39. The molecular weight excluding hydrogens is 282 g/mol. The number of aryl methyl sites for hydroxylation is 1. The summed E-state index contributed by atoms with van der Waals surface area (Å²) in [7, 11) is 1.82. The fourth-order valence-electron chi connectivity index (χ4n) is 1.48. The number of halogens is 1. The highest BCUT2D eigenvalue weighted by Crippen LogP contribution is 2.12. The number of aromatic nitrogens is 1. The third kappa shape index (κ3) is 2.97. The highest BCUT2D eigenvalue weighted by Gasteiger charge is 2.09. The van der Waals surface area contributed by atoms with Gasteiger partial charge in [0.25, 0.3) is 0 Å². The van der Waals surface area contributed by atoms with Crippen LogP contribution in [0.3, 0.4) is 0 Å². The van der Waals surface area contributed by atoms with Crippen LogP contribution in [0, 0.1) is 0 Å². The molecule has 0 aliphatic heterocycles. The van der Waals surface area contributed by atoms with E-state index in [1.165, 1.54) is 0 Å². The quantitative estimate of drug-likeness (QED) is 0.814. The lowest BCUT2D eigenvalue weighted by atomic mass is 10.2. The Kier molecular flexibility index (Phi) is 3.64. The van der Waals surface area contributed by atoms with Gasteiger partial charge in [-0.2, -0.15) is 0 Å². The Bertz CT molecular complexity index is 516. The Morgan fingerprint density at radius 1 is 1.29 bits per heavy atom. The molecule has 0 aliphatic rings. The summed E-state index contributed by atoms with van der Waals surface area (Å²) in [5, 5.41) is 0. The molecular formula is C13H12BrNO2. The molecule has 0 N–H and O–H groups in total. The molecule has 0 amide bonds. The Balaban J connectivity index is 1.97. The lowest BCUT2D eigenvalue weighted by Gasteiger charge is -2.05. The van der Waals surface area contributed by atoms with Crippen molar-refractivity contribution in [3.63, 3.8) is 0 Å². The SMILES string of the molecule is Cn1cccc1C(=O)OCc1ccc(Br)cc1. The largest absolute Gasteiger partial charge is 0.456 e. The number of carbonyl (C=O) groups excluding carboxylic acids is 1. The molecule has 0 bridgehead atoms. The first-order valence-electron chi connectivity index (χ1n) is 5.20. The van der Waals surface area contributed by atoms with Crippen LogP contribution in [0.5, 0.6) is 0 Å². The molecule has 1 heterocycles. The van der Waals surface area contributed by atoms with Gasteiger partial charge in [-0.25, -0.2) is 4.79 Å². The van der Waals surface area contributed by atoms with Gasteiger partial charge in [0, 0.05) is 17.7 Å². The molecule has 0 saturated heterocycles. The lowest BCUT2D eigenvalue weighted by Crippen LogP contribution is -2.09. The van der Waals surface area contributed by atoms with Crippen LogP contribution in [0.25, 0.3) is 0 Å². The van der Waals surface area contributed by atoms with Crippen molar-refractivity contribution >= 4 is 21.9 Å². The summed E-state index contributed by atoms with van der Waals surface area (Å²) in [5.41, 5.74) is 1.53. The van der Waals surface area contributed by atoms with Gasteiger partial charge in [0.1, 0.15) is 12.3 Å². The molecule has 0 radical (unpaired) electrons. The van der Waals surface area contributed by atoms with Gasteiger partial charge in [-0.05, 0) is 29.8 Å². The van der Waals surface area contributed by atoms with E-state index >= 15 is 0 Å². The predicted octanol–water partition coefficient (Wildman–Crippen LogP) is 3.14. The smallest absolute Gasteiger partial charge is 0.355 e. The second kappa shape index (κ2) is 5.19. The van der Waals surface area contributed by atoms with Crippen molar-refractivity contribution < 1.29 is 9.53 Å². The summed E-state index contributed by atoms with van der Waals surface area (Å²) in [5.74, 6) is -0.305. The van der Waals surface area contributed by atoms with E-state index in [1.807, 2.05) is 43.6 Å². The average molecular weight is 294 g/mol. The van der Waals surface area contributed by atoms with Gasteiger partial charge in [0.15, 0.2) is 0 Å². The van der Waals surface area contributed by atoms with Crippen LogP contribution in [0.2, 0.25) is 0 Å². The van der Waals surface area contributed by atoms with Crippen molar-refractivity contribution in [2.24, 2.45) is 7.05 Å². The molecule has 2 rings (SSSR count). The fraction of sp³-hybridized carbons (Fsp3) is 0.154. The number of hydrogen-bond acceptors (Lipinski definition) is 2. The normalized spacial score (nSPS) is 10.2. The standard InChI is InChI=1S/C13H12BrNO2/c1-15-8-2-3-12(15)13(16)17-9-10-4-6-11(14)7-5-10/h2-8H,9H2,1H3. The van der Waals surface area contributed by atoms with Crippen LogP contribution in [0.1, 0.15) is 16.1 Å². The van der Waals surface area contributed by atoms with Crippen LogP contribution in [0.15, 0.2) is 47.1 Å². The molecule has 4 heteroatoms. The Morgan fingerprint density at radius 3 is 2.59 bits per heavy atom. The van der Waals surface area contributed by atoms with Crippen molar-refractivity contribution in [2.75, 3.05) is 0 Å². The number of esters is 1. The van der Waals surface area contributed by atoms with Gasteiger partial charge in [-0.3, -0.25) is 0 Å². The van der Waals surface area contributed by atoms with Crippen LogP contribution in [-0.2, 0) is 18.4 Å². The van der Waals surface area contributed by atoms with Gasteiger partial charge in [-0.1, -0.05) is 28.1 Å². The van der Waals surface area contributed by atoms with Crippen molar-refractivity contribution in [3.05, 3.63) is 58.3 Å². The molecule has 2 aromatic rings. The Hall–Kier alpha value is -1.55. The first kappa shape index (κ1) is 11.9. The van der Waals surface area contributed by atoms with E-state index < -0.39 is 0 Å². The summed E-state index contributed by atoms with van der Waals surface area (Å²) >= 11 is 3.36. The van der Waals surface area contributed by atoms with Gasteiger partial charge >= 0.3 is 5.97 Å². The van der Waals surface area contributed by atoms with Crippen LogP contribution in [-0.4, -0.2) is 10.5 Å². The minimum atomic E-state index is -0.305. The maximum atomic E-state index is 11.7. The van der Waals surface area contributed by atoms with E-state index in [0.717, 1.165) is 10.0 Å². The second-order valence-electron chi connectivity index (χ2n) is 3.71. The Labute approximate surface area is 108 Å². The highest BCUT2D eigenvalue weighted by molar-refractivity contribution is 9.10. The average Bonchev–Trinajstić information content (AvgIpc) is 2.74. The van der Waals surface area contributed by atoms with Crippen LogP contribution >= 0.6 is 15.9 Å². The van der Waals surface area contributed by atoms with E-state index in [2.05, 4.69) is 15.9 Å². The summed E-state index contributed by atoms with van der Waals surface area (Å²) < 4.78 is 7.97. The van der Waals surface area contributed by atoms with Crippen LogP contribution in [0.4, 0.5) is 0 Å². The third-order valence-electron chi connectivity index (χ3n) is 2.44. The number of hydrogen-bond donors (Lipinski definition) is 0. The third-order valence-corrected chi connectivity index (χ3v) is 2.96. The number of nitrogens with zero attached hydrogens (tertiary/aromatic N) is 1. The van der Waals surface area contributed by atoms with E-state index in [0.29, 0.717) is 5.69 Å².